The lowest BCUT2D eigenvalue weighted by atomic mass is 9.88. The van der Waals surface area contributed by atoms with Crippen molar-refractivity contribution in [1.82, 2.24) is 5.43 Å². The average molecular weight is 340 g/mol. The summed E-state index contributed by atoms with van der Waals surface area (Å²) in [5, 5.41) is 6.28. The Bertz CT molecular complexity index is 758. The number of hydrogen-bond donors (Lipinski definition) is 1. The van der Waals surface area contributed by atoms with Crippen LogP contribution in [0.3, 0.4) is 0 Å². The van der Waals surface area contributed by atoms with E-state index in [0.717, 1.165) is 48.4 Å². The summed E-state index contributed by atoms with van der Waals surface area (Å²) in [4.78, 5) is 13.9. The number of hydrogen-bond acceptors (Lipinski definition) is 3. The van der Waals surface area contributed by atoms with Crippen molar-refractivity contribution >= 4 is 23.0 Å². The summed E-state index contributed by atoms with van der Waals surface area (Å²) in [6.45, 7) is 6.34. The van der Waals surface area contributed by atoms with Crippen molar-refractivity contribution < 1.29 is 4.79 Å². The molecule has 1 N–H and O–H groups in total. The molecule has 1 aliphatic carbocycles. The minimum Gasteiger partial charge on any atom is -0.267 e. The van der Waals surface area contributed by atoms with Crippen molar-refractivity contribution in [2.45, 2.75) is 46.5 Å². The molecule has 0 radical (unpaired) electrons. The van der Waals surface area contributed by atoms with E-state index in [-0.39, 0.29) is 5.91 Å². The van der Waals surface area contributed by atoms with Crippen LogP contribution < -0.4 is 5.43 Å². The molecular weight excluding hydrogens is 316 g/mol. The molecule has 1 aromatic heterocycles. The highest BCUT2D eigenvalue weighted by Gasteiger charge is 2.23. The van der Waals surface area contributed by atoms with Crippen LogP contribution in [0.15, 0.2) is 34.7 Å². The zero-order chi connectivity index (χ0) is 17.1. The van der Waals surface area contributed by atoms with Gasteiger partial charge in [-0.05, 0) is 55.2 Å². The normalized spacial score (nSPS) is 17.5. The molecular formula is C20H24N2OS. The van der Waals surface area contributed by atoms with Gasteiger partial charge in [-0.1, -0.05) is 38.1 Å². The Morgan fingerprint density at radius 1 is 1.33 bits per heavy atom. The van der Waals surface area contributed by atoms with Crippen molar-refractivity contribution in [2.75, 3.05) is 0 Å². The molecule has 3 rings (SSSR count). The fraction of sp³-hybridized carbons (Fsp3) is 0.400. The molecule has 4 heteroatoms. The van der Waals surface area contributed by atoms with Gasteiger partial charge in [-0.25, -0.2) is 5.43 Å². The number of carbonyl (C=O) groups excluding carboxylic acids is 1. The third kappa shape index (κ3) is 3.59. The van der Waals surface area contributed by atoms with E-state index in [1.165, 1.54) is 16.0 Å². The monoisotopic (exact) mass is 340 g/mol. The molecule has 0 unspecified atom stereocenters. The molecule has 0 saturated heterocycles. The smallest absolute Gasteiger partial charge is 0.267 e. The largest absolute Gasteiger partial charge is 0.272 e. The SMILES string of the molecule is CCc1ccc(/C(C)=N\NC(=O)c2csc3c2CC[C@H](C)C3)cc1. The minimum atomic E-state index is -0.0911. The number of nitrogens with one attached hydrogen (secondary N) is 1. The highest BCUT2D eigenvalue weighted by Crippen LogP contribution is 2.32. The van der Waals surface area contributed by atoms with Crippen molar-refractivity contribution in [3.05, 3.63) is 56.8 Å². The van der Waals surface area contributed by atoms with Crippen LogP contribution in [-0.2, 0) is 19.3 Å². The quantitative estimate of drug-likeness (QED) is 0.642. The van der Waals surface area contributed by atoms with Crippen LogP contribution in [0.2, 0.25) is 0 Å². The van der Waals surface area contributed by atoms with Crippen LogP contribution in [0.4, 0.5) is 0 Å². The molecule has 1 heterocycles. The van der Waals surface area contributed by atoms with E-state index >= 15 is 0 Å². The molecule has 1 amide bonds. The Kier molecular flexibility index (Phi) is 5.14. The maximum atomic E-state index is 12.5. The molecule has 1 aromatic carbocycles. The molecule has 0 saturated carbocycles. The third-order valence-corrected chi connectivity index (χ3v) is 5.80. The summed E-state index contributed by atoms with van der Waals surface area (Å²) in [5.41, 5.74) is 7.93. The van der Waals surface area contributed by atoms with E-state index in [1.54, 1.807) is 11.3 Å². The second-order valence-electron chi connectivity index (χ2n) is 6.59. The number of nitrogens with zero attached hydrogens (tertiary/aromatic N) is 1. The maximum absolute atomic E-state index is 12.5. The van der Waals surface area contributed by atoms with E-state index in [0.29, 0.717) is 0 Å². The van der Waals surface area contributed by atoms with Crippen molar-refractivity contribution in [3.63, 3.8) is 0 Å². The highest BCUT2D eigenvalue weighted by atomic mass is 32.1. The average Bonchev–Trinajstić information content (AvgIpc) is 3.02. The number of thiophene rings is 1. The van der Waals surface area contributed by atoms with E-state index < -0.39 is 0 Å². The van der Waals surface area contributed by atoms with Gasteiger partial charge < -0.3 is 0 Å². The van der Waals surface area contributed by atoms with E-state index in [1.807, 2.05) is 12.3 Å². The summed E-state index contributed by atoms with van der Waals surface area (Å²) >= 11 is 1.71. The third-order valence-electron chi connectivity index (χ3n) is 4.75. The fourth-order valence-electron chi connectivity index (χ4n) is 3.11. The van der Waals surface area contributed by atoms with Crippen LogP contribution in [0.25, 0.3) is 0 Å². The first-order valence-corrected chi connectivity index (χ1v) is 9.49. The lowest BCUT2D eigenvalue weighted by Gasteiger charge is -2.18. The summed E-state index contributed by atoms with van der Waals surface area (Å²) in [6, 6.07) is 8.31. The van der Waals surface area contributed by atoms with Crippen LogP contribution >= 0.6 is 11.3 Å². The first kappa shape index (κ1) is 16.9. The van der Waals surface area contributed by atoms with Crippen LogP contribution in [0, 0.1) is 5.92 Å². The summed E-state index contributed by atoms with van der Waals surface area (Å²) < 4.78 is 0. The lowest BCUT2D eigenvalue weighted by Crippen LogP contribution is -2.21. The van der Waals surface area contributed by atoms with Crippen LogP contribution in [0.1, 0.15) is 59.1 Å². The number of hydrazone groups is 1. The molecule has 1 aliphatic rings. The maximum Gasteiger partial charge on any atom is 0.272 e. The first-order chi connectivity index (χ1) is 11.6. The molecule has 3 nitrogen and oxygen atoms in total. The second kappa shape index (κ2) is 7.31. The van der Waals surface area contributed by atoms with Crippen molar-refractivity contribution in [1.29, 1.82) is 0 Å². The Labute approximate surface area is 147 Å². The van der Waals surface area contributed by atoms with Gasteiger partial charge in [0.25, 0.3) is 5.91 Å². The zero-order valence-electron chi connectivity index (χ0n) is 14.6. The molecule has 24 heavy (non-hydrogen) atoms. The predicted octanol–water partition coefficient (Wildman–Crippen LogP) is 4.59. The van der Waals surface area contributed by atoms with Gasteiger partial charge in [0, 0.05) is 10.3 Å². The highest BCUT2D eigenvalue weighted by molar-refractivity contribution is 7.10. The Morgan fingerprint density at radius 3 is 2.79 bits per heavy atom. The number of fused-ring (bicyclic) bond motifs is 1. The van der Waals surface area contributed by atoms with Gasteiger partial charge in [0.05, 0.1) is 11.3 Å². The number of carbonyl (C=O) groups is 1. The van der Waals surface area contributed by atoms with Crippen LogP contribution in [0.5, 0.6) is 0 Å². The molecule has 0 spiro atoms. The van der Waals surface area contributed by atoms with Gasteiger partial charge in [0.15, 0.2) is 0 Å². The van der Waals surface area contributed by atoms with Gasteiger partial charge in [0.1, 0.15) is 0 Å². The number of aryl methyl sites for hydroxylation is 1. The van der Waals surface area contributed by atoms with Gasteiger partial charge >= 0.3 is 0 Å². The summed E-state index contributed by atoms with van der Waals surface area (Å²) in [7, 11) is 0. The number of benzene rings is 1. The summed E-state index contributed by atoms with van der Waals surface area (Å²) in [6.07, 6.45) is 4.29. The molecule has 126 valence electrons. The fourth-order valence-corrected chi connectivity index (χ4v) is 4.35. The van der Waals surface area contributed by atoms with Crippen LogP contribution in [-0.4, -0.2) is 11.6 Å². The summed E-state index contributed by atoms with van der Waals surface area (Å²) in [5.74, 6) is 0.630. The topological polar surface area (TPSA) is 41.5 Å². The zero-order valence-corrected chi connectivity index (χ0v) is 15.4. The number of amides is 1. The van der Waals surface area contributed by atoms with Gasteiger partial charge in [-0.3, -0.25) is 4.79 Å². The molecule has 1 atom stereocenters. The van der Waals surface area contributed by atoms with Gasteiger partial charge in [0.2, 0.25) is 0 Å². The Balaban J connectivity index is 1.70. The molecule has 0 fully saturated rings. The van der Waals surface area contributed by atoms with Crippen molar-refractivity contribution in [3.8, 4) is 0 Å². The molecule has 0 bridgehead atoms. The Hall–Kier alpha value is -1.94. The Morgan fingerprint density at radius 2 is 2.08 bits per heavy atom. The van der Waals surface area contributed by atoms with Gasteiger partial charge in [-0.15, -0.1) is 11.3 Å². The second-order valence-corrected chi connectivity index (χ2v) is 7.55. The standard InChI is InChI=1S/C20H24N2OS/c1-4-15-6-8-16(9-7-15)14(3)21-22-20(23)18-12-24-19-11-13(2)5-10-17(18)19/h6-9,12-13H,4-5,10-11H2,1-3H3,(H,22,23)/b21-14-/t13-/m0/s1. The van der Waals surface area contributed by atoms with Gasteiger partial charge in [-0.2, -0.15) is 5.10 Å². The van der Waals surface area contributed by atoms with Crippen molar-refractivity contribution in [2.24, 2.45) is 11.0 Å². The molecule has 0 aliphatic heterocycles. The lowest BCUT2D eigenvalue weighted by molar-refractivity contribution is 0.0954. The van der Waals surface area contributed by atoms with E-state index in [2.05, 4.69) is 48.6 Å². The minimum absolute atomic E-state index is 0.0911. The first-order valence-electron chi connectivity index (χ1n) is 8.61. The molecule has 2 aromatic rings. The predicted molar refractivity (Wildman–Crippen MR) is 101 cm³/mol. The number of rotatable bonds is 4. The van der Waals surface area contributed by atoms with E-state index in [4.69, 9.17) is 0 Å². The van der Waals surface area contributed by atoms with E-state index in [9.17, 15) is 4.79 Å².